The maximum atomic E-state index is 11.2. The Balaban J connectivity index is 2.59. The predicted molar refractivity (Wildman–Crippen MR) is 140 cm³/mol. The molecule has 3 N–H and O–H groups in total. The Labute approximate surface area is 214 Å². The van der Waals surface area contributed by atoms with E-state index in [4.69, 9.17) is 14.2 Å². The van der Waals surface area contributed by atoms with Crippen molar-refractivity contribution in [3.05, 3.63) is 56.2 Å². The average molecular weight is 502 g/mol. The number of amides is 3. The maximum Gasteiger partial charge on any atom is 0.243 e. The van der Waals surface area contributed by atoms with Gasteiger partial charge in [0.25, 0.3) is 0 Å². The lowest BCUT2D eigenvalue weighted by Gasteiger charge is -2.17. The van der Waals surface area contributed by atoms with Crippen molar-refractivity contribution < 1.29 is 28.6 Å². The molecule has 1 aromatic rings. The third-order valence-electron chi connectivity index (χ3n) is 4.87. The molecule has 198 valence electrons. The first-order chi connectivity index (χ1) is 17.5. The van der Waals surface area contributed by atoms with Gasteiger partial charge in [-0.2, -0.15) is 0 Å². The number of carbonyl (C=O) groups excluding carboxylic acids is 3. The van der Waals surface area contributed by atoms with E-state index in [2.05, 4.69) is 35.7 Å². The van der Waals surface area contributed by atoms with Crippen LogP contribution in [-0.4, -0.2) is 57.2 Å². The lowest BCUT2D eigenvalue weighted by molar-refractivity contribution is -0.117. The molecule has 9 nitrogen and oxygen atoms in total. The van der Waals surface area contributed by atoms with Crippen LogP contribution in [-0.2, 0) is 14.4 Å². The Morgan fingerprint density at radius 3 is 1.33 bits per heavy atom. The summed E-state index contributed by atoms with van der Waals surface area (Å²) >= 11 is 0. The van der Waals surface area contributed by atoms with Gasteiger partial charge in [0.05, 0.1) is 19.8 Å². The van der Waals surface area contributed by atoms with E-state index in [1.165, 1.54) is 18.2 Å². The second-order valence-corrected chi connectivity index (χ2v) is 7.74. The summed E-state index contributed by atoms with van der Waals surface area (Å²) in [6.45, 7) is 13.3. The first kappa shape index (κ1) is 30.3. The molecule has 0 radical (unpaired) electrons. The van der Waals surface area contributed by atoms with Crippen LogP contribution in [0.1, 0.15) is 38.5 Å². The second kappa shape index (κ2) is 19.5. The van der Waals surface area contributed by atoms with E-state index < -0.39 is 0 Å². The molecule has 9 heteroatoms. The van der Waals surface area contributed by atoms with Crippen molar-refractivity contribution in [3.63, 3.8) is 0 Å². The molecule has 0 heterocycles. The molecule has 0 fully saturated rings. The zero-order valence-electron chi connectivity index (χ0n) is 21.0. The number of carbonyl (C=O) groups is 3. The zero-order chi connectivity index (χ0) is 26.4. The number of hydrogen-bond acceptors (Lipinski definition) is 6. The van der Waals surface area contributed by atoms with Crippen LogP contribution in [0, 0.1) is 0 Å². The number of nitrogens with one attached hydrogen (secondary N) is 3. The Bertz CT molecular complexity index is 806. The largest absolute Gasteiger partial charge is 0.490 e. The molecule has 0 spiro atoms. The molecule has 0 aliphatic rings. The molecule has 0 saturated carbocycles. The van der Waals surface area contributed by atoms with Crippen molar-refractivity contribution >= 4 is 17.7 Å². The minimum atomic E-state index is -0.196. The number of ether oxygens (including phenoxy) is 3. The fourth-order valence-electron chi connectivity index (χ4n) is 2.94. The molecule has 3 amide bonds. The van der Waals surface area contributed by atoms with Crippen molar-refractivity contribution in [2.45, 2.75) is 38.5 Å². The molecule has 1 aromatic carbocycles. The van der Waals surface area contributed by atoms with E-state index in [9.17, 15) is 14.4 Å². The molecular weight excluding hydrogens is 462 g/mol. The summed E-state index contributed by atoms with van der Waals surface area (Å²) in [7, 11) is 0. The summed E-state index contributed by atoms with van der Waals surface area (Å²) in [6, 6.07) is 5.50. The minimum Gasteiger partial charge on any atom is -0.490 e. The van der Waals surface area contributed by atoms with Gasteiger partial charge in [-0.05, 0) is 68.9 Å². The zero-order valence-corrected chi connectivity index (χ0v) is 21.0. The predicted octanol–water partition coefficient (Wildman–Crippen LogP) is 3.07. The van der Waals surface area contributed by atoms with Gasteiger partial charge >= 0.3 is 0 Å². The first-order valence-electron chi connectivity index (χ1n) is 12.2. The van der Waals surface area contributed by atoms with Gasteiger partial charge in [0.1, 0.15) is 0 Å². The molecule has 0 bridgehead atoms. The van der Waals surface area contributed by atoms with E-state index in [-0.39, 0.29) is 17.7 Å². The molecule has 1 rings (SSSR count). The summed E-state index contributed by atoms with van der Waals surface area (Å²) < 4.78 is 17.9. The van der Waals surface area contributed by atoms with Crippen LogP contribution >= 0.6 is 0 Å². The fraction of sp³-hybridized carbons (Fsp3) is 0.444. The van der Waals surface area contributed by atoms with Gasteiger partial charge in [0, 0.05) is 19.6 Å². The van der Waals surface area contributed by atoms with Gasteiger partial charge in [-0.15, -0.1) is 0 Å². The standard InChI is InChI=1S/C27H39N3O6/c1-4-24(31)28-16-7-10-19-34-22-14-13-15-23(35-20-11-8-17-29-25(32)5-2)27(22)36-21-12-9-18-30-26(33)6-3/h4-6,13-15H,1-3,7-12,16-21H2,(H,28,31)(H,29,32)(H,30,33). The lowest BCUT2D eigenvalue weighted by atomic mass is 10.2. The van der Waals surface area contributed by atoms with Gasteiger partial charge in [-0.3, -0.25) is 14.4 Å². The van der Waals surface area contributed by atoms with Crippen molar-refractivity contribution in [1.82, 2.24) is 16.0 Å². The highest BCUT2D eigenvalue weighted by atomic mass is 16.5. The Morgan fingerprint density at radius 1 is 0.611 bits per heavy atom. The lowest BCUT2D eigenvalue weighted by Crippen LogP contribution is -2.22. The molecule has 0 aromatic heterocycles. The van der Waals surface area contributed by atoms with Gasteiger partial charge in [-0.25, -0.2) is 0 Å². The van der Waals surface area contributed by atoms with Crippen LogP contribution in [0.15, 0.2) is 56.2 Å². The van der Waals surface area contributed by atoms with E-state index in [1.54, 1.807) is 0 Å². The molecule has 0 unspecified atom stereocenters. The van der Waals surface area contributed by atoms with Gasteiger partial charge in [0.2, 0.25) is 23.5 Å². The van der Waals surface area contributed by atoms with Crippen molar-refractivity contribution in [1.29, 1.82) is 0 Å². The Kier molecular flexibility index (Phi) is 16.4. The maximum absolute atomic E-state index is 11.2. The molecule has 0 aliphatic heterocycles. The topological polar surface area (TPSA) is 115 Å². The van der Waals surface area contributed by atoms with Crippen LogP contribution in [0.25, 0.3) is 0 Å². The van der Waals surface area contributed by atoms with Crippen molar-refractivity contribution in [2.24, 2.45) is 0 Å². The highest BCUT2D eigenvalue weighted by Crippen LogP contribution is 2.37. The first-order valence-corrected chi connectivity index (χ1v) is 12.2. The minimum absolute atomic E-state index is 0.191. The van der Waals surface area contributed by atoms with E-state index >= 15 is 0 Å². The van der Waals surface area contributed by atoms with E-state index in [0.717, 1.165) is 38.5 Å². The van der Waals surface area contributed by atoms with Crippen molar-refractivity contribution in [3.8, 4) is 17.2 Å². The molecule has 0 saturated heterocycles. The van der Waals surface area contributed by atoms with E-state index in [0.29, 0.717) is 56.7 Å². The summed E-state index contributed by atoms with van der Waals surface area (Å²) in [5.41, 5.74) is 0. The summed E-state index contributed by atoms with van der Waals surface area (Å²) in [5, 5.41) is 8.21. The van der Waals surface area contributed by atoms with Gasteiger partial charge < -0.3 is 30.2 Å². The average Bonchev–Trinajstić information content (AvgIpc) is 2.90. The molecular formula is C27H39N3O6. The number of hydrogen-bond donors (Lipinski definition) is 3. The molecule has 0 atom stereocenters. The quantitative estimate of drug-likeness (QED) is 0.176. The molecule has 36 heavy (non-hydrogen) atoms. The monoisotopic (exact) mass is 501 g/mol. The van der Waals surface area contributed by atoms with Gasteiger partial charge in [0.15, 0.2) is 11.5 Å². The van der Waals surface area contributed by atoms with Crippen molar-refractivity contribution in [2.75, 3.05) is 39.5 Å². The van der Waals surface area contributed by atoms with Crippen LogP contribution in [0.5, 0.6) is 17.2 Å². The summed E-state index contributed by atoms with van der Waals surface area (Å²) in [5.74, 6) is 1.12. The third-order valence-corrected chi connectivity index (χ3v) is 4.87. The normalized spacial score (nSPS) is 10.0. The van der Waals surface area contributed by atoms with Crippen LogP contribution in [0.3, 0.4) is 0 Å². The number of rotatable bonds is 21. The SMILES string of the molecule is C=CC(=O)NCCCCOc1cccc(OCCCCNC(=O)C=C)c1OCCCCNC(=O)C=C. The number of benzene rings is 1. The van der Waals surface area contributed by atoms with Crippen LogP contribution in [0.2, 0.25) is 0 Å². The Morgan fingerprint density at radius 2 is 0.972 bits per heavy atom. The third kappa shape index (κ3) is 13.8. The van der Waals surface area contributed by atoms with Crippen LogP contribution < -0.4 is 30.2 Å². The molecule has 0 aliphatic carbocycles. The van der Waals surface area contributed by atoms with Gasteiger partial charge in [-0.1, -0.05) is 25.8 Å². The highest BCUT2D eigenvalue weighted by molar-refractivity contribution is 5.87. The number of para-hydroxylation sites is 1. The Hall–Kier alpha value is -3.75. The number of unbranched alkanes of at least 4 members (excludes halogenated alkanes) is 3. The van der Waals surface area contributed by atoms with Crippen LogP contribution in [0.4, 0.5) is 0 Å². The highest BCUT2D eigenvalue weighted by Gasteiger charge is 2.13. The smallest absolute Gasteiger partial charge is 0.243 e. The summed E-state index contributed by atoms with van der Waals surface area (Å²) in [4.78, 5) is 33.7. The van der Waals surface area contributed by atoms with E-state index in [1.807, 2.05) is 18.2 Å². The second-order valence-electron chi connectivity index (χ2n) is 7.74. The summed E-state index contributed by atoms with van der Waals surface area (Å²) in [6.07, 6.45) is 8.27. The fourth-order valence-corrected chi connectivity index (χ4v) is 2.94.